The number of hydrogen-bond donors (Lipinski definition) is 2. The van der Waals surface area contributed by atoms with Crippen LogP contribution < -0.4 is 10.6 Å². The highest BCUT2D eigenvalue weighted by molar-refractivity contribution is 7.20. The van der Waals surface area contributed by atoms with E-state index in [2.05, 4.69) is 0 Å². The number of nitrogens with zero attached hydrogens (tertiary/aromatic N) is 1. The molecule has 2 aromatic carbocycles. The quantitative estimate of drug-likeness (QED) is 0.712. The average Bonchev–Trinajstić information content (AvgIpc) is 2.88. The summed E-state index contributed by atoms with van der Waals surface area (Å²) in [6.07, 6.45) is 0. The van der Waals surface area contributed by atoms with Gasteiger partial charge < -0.3 is 15.7 Å². The third-order valence-electron chi connectivity index (χ3n) is 3.27. The second-order valence-corrected chi connectivity index (χ2v) is 5.88. The number of benzene rings is 2. The van der Waals surface area contributed by atoms with Gasteiger partial charge in [0.1, 0.15) is 5.75 Å². The van der Waals surface area contributed by atoms with E-state index in [0.717, 1.165) is 10.1 Å². The molecule has 0 aliphatic rings. The Hall–Kier alpha value is -2.53. The molecular formula is C16H14N2O2S. The van der Waals surface area contributed by atoms with Crippen LogP contribution in [0.25, 0.3) is 10.1 Å². The van der Waals surface area contributed by atoms with Gasteiger partial charge in [0.25, 0.3) is 5.91 Å². The van der Waals surface area contributed by atoms with Crippen molar-refractivity contribution < 1.29 is 9.90 Å². The summed E-state index contributed by atoms with van der Waals surface area (Å²) in [5.41, 5.74) is 7.09. The van der Waals surface area contributed by atoms with Gasteiger partial charge in [0.2, 0.25) is 0 Å². The first-order valence-corrected chi connectivity index (χ1v) is 7.22. The number of carbonyl (C=O) groups excluding carboxylic acids is 1. The highest BCUT2D eigenvalue weighted by Crippen LogP contribution is 2.29. The van der Waals surface area contributed by atoms with E-state index >= 15 is 0 Å². The minimum Gasteiger partial charge on any atom is -0.508 e. The first-order valence-electron chi connectivity index (χ1n) is 6.41. The van der Waals surface area contributed by atoms with E-state index in [9.17, 15) is 9.90 Å². The van der Waals surface area contributed by atoms with Crippen molar-refractivity contribution in [3.63, 3.8) is 0 Å². The number of nitrogen functional groups attached to an aromatic ring is 1. The molecule has 1 heterocycles. The third-order valence-corrected chi connectivity index (χ3v) is 4.38. The Morgan fingerprint density at radius 2 is 2.00 bits per heavy atom. The van der Waals surface area contributed by atoms with Gasteiger partial charge in [0.05, 0.1) is 4.88 Å². The number of nitrogens with two attached hydrogens (primary N) is 1. The van der Waals surface area contributed by atoms with Crippen molar-refractivity contribution in [1.29, 1.82) is 0 Å². The second kappa shape index (κ2) is 5.10. The number of aromatic hydroxyl groups is 1. The molecule has 1 aromatic heterocycles. The first kappa shape index (κ1) is 13.5. The Kier molecular flexibility index (Phi) is 3.27. The van der Waals surface area contributed by atoms with Gasteiger partial charge >= 0.3 is 0 Å². The van der Waals surface area contributed by atoms with E-state index in [0.29, 0.717) is 16.3 Å². The molecule has 4 nitrogen and oxygen atoms in total. The van der Waals surface area contributed by atoms with Gasteiger partial charge in [-0.3, -0.25) is 4.79 Å². The maximum atomic E-state index is 12.5. The Morgan fingerprint density at radius 1 is 1.19 bits per heavy atom. The molecular weight excluding hydrogens is 284 g/mol. The number of hydrogen-bond acceptors (Lipinski definition) is 4. The maximum absolute atomic E-state index is 12.5. The van der Waals surface area contributed by atoms with E-state index in [4.69, 9.17) is 5.73 Å². The summed E-state index contributed by atoms with van der Waals surface area (Å²) in [5, 5.41) is 10.5. The molecule has 0 radical (unpaired) electrons. The third kappa shape index (κ3) is 2.55. The maximum Gasteiger partial charge on any atom is 0.268 e. The molecule has 0 saturated carbocycles. The normalized spacial score (nSPS) is 10.7. The van der Waals surface area contributed by atoms with Crippen LogP contribution in [-0.2, 0) is 0 Å². The minimum atomic E-state index is -0.111. The summed E-state index contributed by atoms with van der Waals surface area (Å²) in [7, 11) is 1.69. The van der Waals surface area contributed by atoms with Crippen molar-refractivity contribution in [1.82, 2.24) is 0 Å². The number of phenols is 1. The van der Waals surface area contributed by atoms with Crippen LogP contribution in [-0.4, -0.2) is 18.1 Å². The Labute approximate surface area is 126 Å². The van der Waals surface area contributed by atoms with Crippen LogP contribution in [0, 0.1) is 0 Å². The van der Waals surface area contributed by atoms with E-state index in [1.165, 1.54) is 16.2 Å². The molecule has 0 fully saturated rings. The molecule has 0 unspecified atom stereocenters. The Balaban J connectivity index is 1.96. The summed E-state index contributed by atoms with van der Waals surface area (Å²) < 4.78 is 1.02. The van der Waals surface area contributed by atoms with Gasteiger partial charge in [-0.2, -0.15) is 0 Å². The second-order valence-electron chi connectivity index (χ2n) is 4.79. The van der Waals surface area contributed by atoms with Crippen LogP contribution in [0.3, 0.4) is 0 Å². The summed E-state index contributed by atoms with van der Waals surface area (Å²) >= 11 is 1.43. The predicted octanol–water partition coefficient (Wildman–Crippen LogP) is 3.47. The highest BCUT2D eigenvalue weighted by atomic mass is 32.1. The number of carbonyl (C=O) groups is 1. The Morgan fingerprint density at radius 3 is 2.76 bits per heavy atom. The number of phenolic OH excluding ortho intramolecular Hbond substituents is 1. The molecule has 106 valence electrons. The lowest BCUT2D eigenvalue weighted by Crippen LogP contribution is -2.25. The molecule has 3 aromatic rings. The van der Waals surface area contributed by atoms with Crippen molar-refractivity contribution in [3.8, 4) is 5.75 Å². The number of rotatable bonds is 2. The van der Waals surface area contributed by atoms with Gasteiger partial charge in [0, 0.05) is 29.2 Å². The van der Waals surface area contributed by atoms with Crippen molar-refractivity contribution in [2.45, 2.75) is 0 Å². The Bertz CT molecular complexity index is 826. The van der Waals surface area contributed by atoms with Gasteiger partial charge in [-0.15, -0.1) is 11.3 Å². The topological polar surface area (TPSA) is 66.6 Å². The smallest absolute Gasteiger partial charge is 0.268 e. The van der Waals surface area contributed by atoms with E-state index in [-0.39, 0.29) is 11.7 Å². The number of thiophene rings is 1. The fourth-order valence-electron chi connectivity index (χ4n) is 2.15. The molecule has 5 heteroatoms. The zero-order chi connectivity index (χ0) is 15.0. The van der Waals surface area contributed by atoms with Crippen molar-refractivity contribution in [3.05, 3.63) is 53.4 Å². The van der Waals surface area contributed by atoms with Gasteiger partial charge in [-0.05, 0) is 41.8 Å². The van der Waals surface area contributed by atoms with E-state index in [1.807, 2.05) is 24.3 Å². The van der Waals surface area contributed by atoms with Crippen LogP contribution in [0.15, 0.2) is 48.5 Å². The lowest BCUT2D eigenvalue weighted by atomic mass is 10.2. The zero-order valence-corrected chi connectivity index (χ0v) is 12.2. The molecule has 0 spiro atoms. The highest BCUT2D eigenvalue weighted by Gasteiger charge is 2.16. The van der Waals surface area contributed by atoms with Gasteiger partial charge in [-0.1, -0.05) is 6.07 Å². The molecule has 3 rings (SSSR count). The van der Waals surface area contributed by atoms with Crippen molar-refractivity contribution >= 4 is 38.7 Å². The molecule has 1 amide bonds. The number of fused-ring (bicyclic) bond motifs is 1. The fourth-order valence-corrected chi connectivity index (χ4v) is 3.17. The number of amides is 1. The molecule has 0 bridgehead atoms. The monoisotopic (exact) mass is 298 g/mol. The summed E-state index contributed by atoms with van der Waals surface area (Å²) in [4.78, 5) is 14.7. The summed E-state index contributed by atoms with van der Waals surface area (Å²) in [5.74, 6) is 0.0247. The van der Waals surface area contributed by atoms with Crippen LogP contribution in [0.5, 0.6) is 5.75 Å². The minimum absolute atomic E-state index is 0.111. The molecule has 21 heavy (non-hydrogen) atoms. The molecule has 0 aliphatic heterocycles. The van der Waals surface area contributed by atoms with Crippen LogP contribution in [0.1, 0.15) is 9.67 Å². The van der Waals surface area contributed by atoms with Crippen molar-refractivity contribution in [2.75, 3.05) is 17.7 Å². The predicted molar refractivity (Wildman–Crippen MR) is 87.1 cm³/mol. The van der Waals surface area contributed by atoms with Crippen LogP contribution in [0.2, 0.25) is 0 Å². The van der Waals surface area contributed by atoms with Crippen molar-refractivity contribution in [2.24, 2.45) is 0 Å². The molecule has 0 atom stereocenters. The molecule has 3 N–H and O–H groups in total. The van der Waals surface area contributed by atoms with Gasteiger partial charge in [0.15, 0.2) is 0 Å². The number of anilines is 2. The lowest BCUT2D eigenvalue weighted by molar-refractivity contribution is 0.0997. The summed E-state index contributed by atoms with van der Waals surface area (Å²) in [6.45, 7) is 0. The molecule has 0 saturated heterocycles. The zero-order valence-electron chi connectivity index (χ0n) is 11.4. The van der Waals surface area contributed by atoms with E-state index in [1.54, 1.807) is 31.3 Å². The first-order chi connectivity index (χ1) is 10.0. The largest absolute Gasteiger partial charge is 0.508 e. The summed E-state index contributed by atoms with van der Waals surface area (Å²) in [6, 6.07) is 14.1. The van der Waals surface area contributed by atoms with Crippen LogP contribution >= 0.6 is 11.3 Å². The lowest BCUT2D eigenvalue weighted by Gasteiger charge is -2.16. The SMILES string of the molecule is CN(C(=O)c1cc2cc(N)ccc2s1)c1cccc(O)c1. The van der Waals surface area contributed by atoms with E-state index < -0.39 is 0 Å². The molecule has 0 aliphatic carbocycles. The fraction of sp³-hybridized carbons (Fsp3) is 0.0625. The average molecular weight is 298 g/mol. The van der Waals surface area contributed by atoms with Gasteiger partial charge in [-0.25, -0.2) is 0 Å². The standard InChI is InChI=1S/C16H14N2O2S/c1-18(12-3-2-4-13(19)9-12)16(20)15-8-10-7-11(17)5-6-14(10)21-15/h2-9,19H,17H2,1H3. The van der Waals surface area contributed by atoms with Crippen LogP contribution in [0.4, 0.5) is 11.4 Å².